The van der Waals surface area contributed by atoms with Gasteiger partial charge in [0.25, 0.3) is 0 Å². The lowest BCUT2D eigenvalue weighted by Gasteiger charge is -2.21. The molecule has 8 bridgehead atoms. The Bertz CT molecular complexity index is 6240. The molecular weight excluding hydrogens is 1410 g/mol. The maximum Gasteiger partial charge on any atom is 0.150 e. The van der Waals surface area contributed by atoms with Crippen molar-refractivity contribution in [3.63, 3.8) is 0 Å². The SMILES string of the molecule is Cc1cc(C)c(-c2c3nc(c(-c4ccc(C(c5ccc[nH]5)C5C=CC=N5)cc4)c4ccc([nH]4)c(-c4c(C)cc(C)cc4C)c4nc(c(-c5ccc(/C(=C6\C=CC=N6)c6ccc[nH]6)cc5)c5ccc2[nH]5)C=C4)C=C3)c(C)c1.Cc1cc(C)c(C(c2ccc[nH]2)c2ccc[nH]2)c(C)c1.O=Cc1ccc(C(c2ccc[nH]2)C2C=CC=N2)cc1. The third-order valence-corrected chi connectivity index (χ3v) is 22.5. The molecule has 13 nitrogen and oxygen atoms in total. The van der Waals surface area contributed by atoms with Gasteiger partial charge >= 0.3 is 0 Å². The fraction of sp³-hybridized carbons (Fsp3) is 0.137. The van der Waals surface area contributed by atoms with E-state index in [0.29, 0.717) is 5.56 Å². The summed E-state index contributed by atoms with van der Waals surface area (Å²) in [4.78, 5) is 61.1. The number of nitrogens with one attached hydrogen (secondary N) is 7. The van der Waals surface area contributed by atoms with Crippen molar-refractivity contribution in [3.8, 4) is 44.5 Å². The van der Waals surface area contributed by atoms with E-state index in [1.807, 2.05) is 104 Å². The minimum Gasteiger partial charge on any atom is -0.364 e. The molecule has 0 radical (unpaired) electrons. The number of allylic oxidation sites excluding steroid dienone is 4. The Balaban J connectivity index is 0.000000197. The van der Waals surface area contributed by atoms with E-state index in [2.05, 4.69) is 302 Å². The summed E-state index contributed by atoms with van der Waals surface area (Å²) in [6.07, 6.45) is 37.4. The van der Waals surface area contributed by atoms with Crippen molar-refractivity contribution in [3.05, 3.63) is 396 Å². The van der Waals surface area contributed by atoms with Gasteiger partial charge in [0.2, 0.25) is 0 Å². The first-order chi connectivity index (χ1) is 56.2. The number of aldehydes is 1. The smallest absolute Gasteiger partial charge is 0.150 e. The van der Waals surface area contributed by atoms with Gasteiger partial charge in [-0.3, -0.25) is 19.8 Å². The molecule has 5 aliphatic rings. The number of hydrogen-bond acceptors (Lipinski definition) is 6. The highest BCUT2D eigenvalue weighted by Crippen LogP contribution is 2.44. The second-order valence-electron chi connectivity index (χ2n) is 30.6. The molecule has 4 atom stereocenters. The maximum absolute atomic E-state index is 10.7. The molecule has 0 fully saturated rings. The van der Waals surface area contributed by atoms with Crippen LogP contribution < -0.4 is 0 Å². The van der Waals surface area contributed by atoms with Gasteiger partial charge in [-0.05, 0) is 274 Å². The fourth-order valence-corrected chi connectivity index (χ4v) is 17.8. The molecule has 0 aliphatic carbocycles. The van der Waals surface area contributed by atoms with Crippen LogP contribution in [0.1, 0.15) is 152 Å². The first-order valence-electron chi connectivity index (χ1n) is 39.4. The van der Waals surface area contributed by atoms with Crippen molar-refractivity contribution in [2.75, 3.05) is 0 Å². The number of aryl methyl sites for hydroxylation is 9. The molecule has 564 valence electrons. The number of rotatable bonds is 16. The monoisotopic (exact) mass is 1500 g/mol. The zero-order valence-corrected chi connectivity index (χ0v) is 66.0. The summed E-state index contributed by atoms with van der Waals surface area (Å²) < 4.78 is 0. The van der Waals surface area contributed by atoms with Crippen molar-refractivity contribution in [1.29, 1.82) is 0 Å². The van der Waals surface area contributed by atoms with Gasteiger partial charge in [-0.2, -0.15) is 0 Å². The van der Waals surface area contributed by atoms with Gasteiger partial charge in [0, 0.05) is 134 Å². The molecule has 5 aliphatic heterocycles. The Morgan fingerprint density at radius 3 is 1.15 bits per heavy atom. The van der Waals surface area contributed by atoms with Crippen molar-refractivity contribution in [2.45, 2.75) is 92.2 Å². The number of carbonyl (C=O) groups is 1. The van der Waals surface area contributed by atoms with Crippen LogP contribution in [0.15, 0.2) is 282 Å². The van der Waals surface area contributed by atoms with E-state index in [-0.39, 0.29) is 29.8 Å². The summed E-state index contributed by atoms with van der Waals surface area (Å²) >= 11 is 0. The number of H-pyrrole nitrogens is 7. The molecule has 7 N–H and O–H groups in total. The van der Waals surface area contributed by atoms with E-state index in [9.17, 15) is 4.79 Å². The number of carbonyl (C=O) groups excluding carboxylic acids is 1. The van der Waals surface area contributed by atoms with Gasteiger partial charge in [-0.15, -0.1) is 0 Å². The lowest BCUT2D eigenvalue weighted by Crippen LogP contribution is -2.15. The molecule has 0 saturated heterocycles. The first kappa shape index (κ1) is 73.7. The molecule has 4 unspecified atom stereocenters. The van der Waals surface area contributed by atoms with Crippen molar-refractivity contribution in [2.24, 2.45) is 15.0 Å². The topological polar surface area (TPSA) is 190 Å². The second-order valence-corrected chi connectivity index (χ2v) is 30.6. The van der Waals surface area contributed by atoms with Crippen molar-refractivity contribution < 1.29 is 4.79 Å². The van der Waals surface area contributed by atoms with Crippen LogP contribution in [0.3, 0.4) is 0 Å². The largest absolute Gasteiger partial charge is 0.364 e. The molecule has 0 spiro atoms. The summed E-state index contributed by atoms with van der Waals surface area (Å²) in [6.45, 7) is 19.8. The predicted octanol–water partition coefficient (Wildman–Crippen LogP) is 23.8. The summed E-state index contributed by atoms with van der Waals surface area (Å²) in [6, 6.07) is 69.0. The Labute approximate surface area is 670 Å². The van der Waals surface area contributed by atoms with Crippen LogP contribution >= 0.6 is 0 Å². The number of hydrogen-bond donors (Lipinski definition) is 7. The van der Waals surface area contributed by atoms with Gasteiger partial charge in [0.15, 0.2) is 0 Å². The van der Waals surface area contributed by atoms with Gasteiger partial charge < -0.3 is 34.9 Å². The second kappa shape index (κ2) is 32.0. The van der Waals surface area contributed by atoms with Gasteiger partial charge in [-0.1, -0.05) is 138 Å². The van der Waals surface area contributed by atoms with Gasteiger partial charge in [-0.25, -0.2) is 9.97 Å². The van der Waals surface area contributed by atoms with E-state index >= 15 is 0 Å². The number of aromatic nitrogens is 9. The van der Waals surface area contributed by atoms with Crippen LogP contribution in [0.4, 0.5) is 0 Å². The molecule has 13 heteroatoms. The molecule has 0 amide bonds. The quantitative estimate of drug-likeness (QED) is 0.0475. The molecule has 19 rings (SSSR count). The van der Waals surface area contributed by atoms with Gasteiger partial charge in [0.05, 0.1) is 58.3 Å². The minimum atomic E-state index is 0.00395. The fourth-order valence-electron chi connectivity index (χ4n) is 17.8. The third kappa shape index (κ3) is 14.9. The van der Waals surface area contributed by atoms with E-state index < -0.39 is 0 Å². The molecule has 6 aromatic carbocycles. The zero-order valence-electron chi connectivity index (χ0n) is 66.0. The van der Waals surface area contributed by atoms with Crippen LogP contribution in [0.2, 0.25) is 0 Å². The molecule has 14 aromatic rings. The van der Waals surface area contributed by atoms with Crippen LogP contribution in [0.5, 0.6) is 0 Å². The van der Waals surface area contributed by atoms with Crippen LogP contribution in [0.25, 0.3) is 96.5 Å². The van der Waals surface area contributed by atoms with Gasteiger partial charge in [0.1, 0.15) is 6.29 Å². The molecular formula is C102H90N12O. The standard InChI is InChI=1S/C68H56N8.C18H20N2.C16H14N2O/c1-39-35-41(3)61(42(4)36-39)67-57-27-23-53(73-57)65(47-19-15-45(16-20-47)63(49-11-7-31-69-49)50-12-8-32-70-50)55-25-29-59(75-55)68(62-43(5)37-40(2)38-44(62)6)60-30-26-56(76-60)66(54-24-28-58(67)74-54)48-21-17-46(18-22-48)64(51-13-9-33-71-51)52-14-10-34-72-52;1-12-10-13(2)17(14(3)11-12)18(15-6-4-8-19-15)16-7-5-9-20-16;19-11-12-5-7-13(8-6-12)16(14-3-1-9-17-14)15-4-2-10-18-15/h7-38,49,63,70-71,73,76H,1-6H3;4-11,18-20H,1-3H3;1-11,14,16,18H/b64-52-,65-53?,65-55?,66-54?,66-56?,67-57?,67-58?,68-59?,68-60?;;. The number of fused-ring (bicyclic) bond motifs is 8. The van der Waals surface area contributed by atoms with E-state index in [4.69, 9.17) is 20.0 Å². The van der Waals surface area contributed by atoms with E-state index in [1.54, 1.807) is 0 Å². The van der Waals surface area contributed by atoms with E-state index in [1.165, 1.54) is 72.6 Å². The summed E-state index contributed by atoms with van der Waals surface area (Å²) in [5.41, 5.74) is 40.2. The highest BCUT2D eigenvalue weighted by molar-refractivity contribution is 6.02. The highest BCUT2D eigenvalue weighted by Gasteiger charge is 2.29. The molecule has 115 heavy (non-hydrogen) atoms. The highest BCUT2D eigenvalue weighted by atomic mass is 16.1. The first-order valence-corrected chi connectivity index (χ1v) is 39.4. The zero-order chi connectivity index (χ0) is 78.8. The number of nitrogens with zero attached hydrogens (tertiary/aromatic N) is 5. The average molecular weight is 1500 g/mol. The van der Waals surface area contributed by atoms with Crippen LogP contribution in [-0.2, 0) is 0 Å². The Morgan fingerprint density at radius 1 is 0.374 bits per heavy atom. The van der Waals surface area contributed by atoms with E-state index in [0.717, 1.165) is 135 Å². The van der Waals surface area contributed by atoms with Crippen molar-refractivity contribution in [1.82, 2.24) is 44.9 Å². The number of benzene rings is 6. The molecule has 8 aromatic heterocycles. The minimum absolute atomic E-state index is 0.00395. The third-order valence-electron chi connectivity index (χ3n) is 22.5. The molecule has 0 saturated carbocycles. The summed E-state index contributed by atoms with van der Waals surface area (Å²) in [7, 11) is 0. The van der Waals surface area contributed by atoms with Crippen LogP contribution in [0, 0.1) is 62.3 Å². The number of aliphatic imine (C=N–C) groups is 3. The number of aromatic amines is 7. The lowest BCUT2D eigenvalue weighted by molar-refractivity contribution is 0.112. The average Bonchev–Trinajstić information content (AvgIpc) is 1.62. The summed E-state index contributed by atoms with van der Waals surface area (Å²) in [5, 5.41) is 0. The Kier molecular flexibility index (Phi) is 20.5. The lowest BCUT2D eigenvalue weighted by atomic mass is 9.85. The van der Waals surface area contributed by atoms with Crippen LogP contribution in [-0.4, -0.2) is 81.9 Å². The Hall–Kier alpha value is -14.0. The maximum atomic E-state index is 10.7. The molecule has 13 heterocycles. The normalized spacial score (nSPS) is 15.2. The Morgan fingerprint density at radius 2 is 0.765 bits per heavy atom. The predicted molar refractivity (Wildman–Crippen MR) is 477 cm³/mol. The van der Waals surface area contributed by atoms with Crippen molar-refractivity contribution >= 4 is 76.9 Å². The summed E-state index contributed by atoms with van der Waals surface area (Å²) in [5.74, 6) is 0.434.